The summed E-state index contributed by atoms with van der Waals surface area (Å²) in [5.74, 6) is 0. The van der Waals surface area contributed by atoms with Crippen LogP contribution in [0.4, 0.5) is 0 Å². The van der Waals surface area contributed by atoms with Gasteiger partial charge in [-0.3, -0.25) is 0 Å². The maximum absolute atomic E-state index is 5.59. The Balaban J connectivity index is 2.04. The van der Waals surface area contributed by atoms with Crippen LogP contribution in [0.1, 0.15) is 11.8 Å². The summed E-state index contributed by atoms with van der Waals surface area (Å²) in [7, 11) is 0. The van der Waals surface area contributed by atoms with Crippen LogP contribution in [0.15, 0.2) is 17.5 Å². The van der Waals surface area contributed by atoms with Gasteiger partial charge in [-0.05, 0) is 24.8 Å². The molecule has 1 rings (SSSR count). The lowest BCUT2D eigenvalue weighted by molar-refractivity contribution is 0.610. The predicted molar refractivity (Wildman–Crippen MR) is 54.5 cm³/mol. The van der Waals surface area contributed by atoms with Crippen LogP contribution < -0.4 is 11.1 Å². The molecular formula is C9H16N2S. The van der Waals surface area contributed by atoms with Crippen LogP contribution in [0.5, 0.6) is 0 Å². The number of hydrogen-bond acceptors (Lipinski definition) is 3. The second-order valence-corrected chi connectivity index (χ2v) is 4.04. The SMILES string of the molecule is CC(N)CNCCc1cccs1. The molecule has 1 unspecified atom stereocenters. The highest BCUT2D eigenvalue weighted by Gasteiger charge is 1.94. The lowest BCUT2D eigenvalue weighted by Crippen LogP contribution is -2.32. The number of nitrogens with two attached hydrogens (primary N) is 1. The van der Waals surface area contributed by atoms with Crippen molar-refractivity contribution in [1.82, 2.24) is 5.32 Å². The third kappa shape index (κ3) is 3.85. The third-order valence-corrected chi connectivity index (χ3v) is 2.53. The molecule has 1 heterocycles. The summed E-state index contributed by atoms with van der Waals surface area (Å²) in [5.41, 5.74) is 5.59. The van der Waals surface area contributed by atoms with E-state index in [4.69, 9.17) is 5.73 Å². The van der Waals surface area contributed by atoms with Gasteiger partial charge in [-0.2, -0.15) is 0 Å². The average Bonchev–Trinajstić information content (AvgIpc) is 2.49. The minimum atomic E-state index is 0.258. The Bertz CT molecular complexity index is 194. The maximum atomic E-state index is 5.59. The zero-order chi connectivity index (χ0) is 8.81. The minimum Gasteiger partial charge on any atom is -0.327 e. The van der Waals surface area contributed by atoms with Gasteiger partial charge in [0.1, 0.15) is 0 Å². The monoisotopic (exact) mass is 184 g/mol. The molecule has 12 heavy (non-hydrogen) atoms. The predicted octanol–water partition coefficient (Wildman–Crippen LogP) is 1.23. The fourth-order valence-electron chi connectivity index (χ4n) is 0.996. The van der Waals surface area contributed by atoms with Gasteiger partial charge in [0.2, 0.25) is 0 Å². The van der Waals surface area contributed by atoms with Crippen LogP contribution in [-0.4, -0.2) is 19.1 Å². The molecule has 0 saturated heterocycles. The molecule has 2 nitrogen and oxygen atoms in total. The molecule has 0 aliphatic carbocycles. The topological polar surface area (TPSA) is 38.0 Å². The Morgan fingerprint density at radius 3 is 3.08 bits per heavy atom. The van der Waals surface area contributed by atoms with E-state index in [-0.39, 0.29) is 6.04 Å². The number of nitrogens with one attached hydrogen (secondary N) is 1. The molecule has 0 fully saturated rings. The van der Waals surface area contributed by atoms with Crippen molar-refractivity contribution in [3.05, 3.63) is 22.4 Å². The molecule has 0 aromatic carbocycles. The van der Waals surface area contributed by atoms with E-state index in [1.807, 2.05) is 18.3 Å². The molecule has 3 heteroatoms. The summed E-state index contributed by atoms with van der Waals surface area (Å²) in [6.07, 6.45) is 1.12. The Kier molecular flexibility index (Phi) is 4.29. The zero-order valence-corrected chi connectivity index (χ0v) is 8.23. The molecule has 0 aliphatic rings. The van der Waals surface area contributed by atoms with E-state index in [1.165, 1.54) is 4.88 Å². The van der Waals surface area contributed by atoms with E-state index in [0.717, 1.165) is 19.5 Å². The van der Waals surface area contributed by atoms with Gasteiger partial charge in [-0.25, -0.2) is 0 Å². The van der Waals surface area contributed by atoms with E-state index in [9.17, 15) is 0 Å². The number of rotatable bonds is 5. The van der Waals surface area contributed by atoms with Crippen LogP contribution in [0.25, 0.3) is 0 Å². The molecule has 0 saturated carbocycles. The van der Waals surface area contributed by atoms with Crippen molar-refractivity contribution >= 4 is 11.3 Å². The Morgan fingerprint density at radius 1 is 1.67 bits per heavy atom. The Morgan fingerprint density at radius 2 is 2.50 bits per heavy atom. The normalized spacial score (nSPS) is 13.2. The first kappa shape index (κ1) is 9.71. The quantitative estimate of drug-likeness (QED) is 0.675. The molecule has 0 radical (unpaired) electrons. The van der Waals surface area contributed by atoms with Crippen molar-refractivity contribution in [2.24, 2.45) is 5.73 Å². The van der Waals surface area contributed by atoms with Crippen molar-refractivity contribution in [1.29, 1.82) is 0 Å². The first-order valence-electron chi connectivity index (χ1n) is 4.27. The van der Waals surface area contributed by atoms with Gasteiger partial charge >= 0.3 is 0 Å². The van der Waals surface area contributed by atoms with Crippen LogP contribution >= 0.6 is 11.3 Å². The standard InChI is InChI=1S/C9H16N2S/c1-8(10)7-11-5-4-9-3-2-6-12-9/h2-3,6,8,11H,4-5,7,10H2,1H3. The molecule has 0 amide bonds. The van der Waals surface area contributed by atoms with E-state index in [1.54, 1.807) is 0 Å². The van der Waals surface area contributed by atoms with Gasteiger partial charge in [-0.1, -0.05) is 6.07 Å². The molecule has 1 atom stereocenters. The van der Waals surface area contributed by atoms with Gasteiger partial charge < -0.3 is 11.1 Å². The fraction of sp³-hybridized carbons (Fsp3) is 0.556. The summed E-state index contributed by atoms with van der Waals surface area (Å²) in [6.45, 7) is 3.95. The molecule has 1 aromatic rings. The van der Waals surface area contributed by atoms with Crippen LogP contribution in [0.3, 0.4) is 0 Å². The molecule has 1 aromatic heterocycles. The van der Waals surface area contributed by atoms with Crippen LogP contribution in [0.2, 0.25) is 0 Å². The lowest BCUT2D eigenvalue weighted by atomic mass is 10.3. The molecule has 3 N–H and O–H groups in total. The highest BCUT2D eigenvalue weighted by molar-refractivity contribution is 7.09. The van der Waals surface area contributed by atoms with Gasteiger partial charge in [0.05, 0.1) is 0 Å². The van der Waals surface area contributed by atoms with Crippen molar-refractivity contribution in [2.45, 2.75) is 19.4 Å². The van der Waals surface area contributed by atoms with Crippen LogP contribution in [0, 0.1) is 0 Å². The molecule has 0 bridgehead atoms. The van der Waals surface area contributed by atoms with Crippen molar-refractivity contribution in [3.63, 3.8) is 0 Å². The highest BCUT2D eigenvalue weighted by atomic mass is 32.1. The van der Waals surface area contributed by atoms with Gasteiger partial charge in [0, 0.05) is 24.0 Å². The molecular weight excluding hydrogens is 168 g/mol. The average molecular weight is 184 g/mol. The van der Waals surface area contributed by atoms with Gasteiger partial charge in [-0.15, -0.1) is 11.3 Å². The molecule has 0 aliphatic heterocycles. The highest BCUT2D eigenvalue weighted by Crippen LogP contribution is 2.07. The number of hydrogen-bond donors (Lipinski definition) is 2. The summed E-state index contributed by atoms with van der Waals surface area (Å²) in [6, 6.07) is 4.51. The Labute approximate surface area is 77.8 Å². The second-order valence-electron chi connectivity index (χ2n) is 3.01. The fourth-order valence-corrected chi connectivity index (χ4v) is 1.71. The summed E-state index contributed by atoms with van der Waals surface area (Å²) >= 11 is 1.81. The van der Waals surface area contributed by atoms with Gasteiger partial charge in [0.25, 0.3) is 0 Å². The minimum absolute atomic E-state index is 0.258. The lowest BCUT2D eigenvalue weighted by Gasteiger charge is -2.05. The van der Waals surface area contributed by atoms with E-state index < -0.39 is 0 Å². The maximum Gasteiger partial charge on any atom is 0.0136 e. The third-order valence-electron chi connectivity index (χ3n) is 1.59. The van der Waals surface area contributed by atoms with E-state index in [2.05, 4.69) is 22.8 Å². The van der Waals surface area contributed by atoms with E-state index in [0.29, 0.717) is 0 Å². The Hall–Kier alpha value is -0.380. The largest absolute Gasteiger partial charge is 0.327 e. The number of thiophene rings is 1. The first-order chi connectivity index (χ1) is 5.79. The molecule has 68 valence electrons. The zero-order valence-electron chi connectivity index (χ0n) is 7.42. The second kappa shape index (κ2) is 5.30. The molecule has 0 spiro atoms. The summed E-state index contributed by atoms with van der Waals surface area (Å²) in [4.78, 5) is 1.44. The summed E-state index contributed by atoms with van der Waals surface area (Å²) < 4.78 is 0. The first-order valence-corrected chi connectivity index (χ1v) is 5.15. The van der Waals surface area contributed by atoms with Crippen molar-refractivity contribution in [2.75, 3.05) is 13.1 Å². The van der Waals surface area contributed by atoms with E-state index >= 15 is 0 Å². The van der Waals surface area contributed by atoms with Crippen LogP contribution in [-0.2, 0) is 6.42 Å². The van der Waals surface area contributed by atoms with Crippen molar-refractivity contribution < 1.29 is 0 Å². The summed E-state index contributed by atoms with van der Waals surface area (Å²) in [5, 5.41) is 5.42. The van der Waals surface area contributed by atoms with Crippen molar-refractivity contribution in [3.8, 4) is 0 Å². The smallest absolute Gasteiger partial charge is 0.0136 e. The van der Waals surface area contributed by atoms with Gasteiger partial charge in [0.15, 0.2) is 0 Å².